The zero-order valence-electron chi connectivity index (χ0n) is 51.2. The molecule has 0 spiro atoms. The molecule has 11 aromatic carbocycles. The Bertz CT molecular complexity index is 5620. The molecule has 4 heterocycles. The Morgan fingerprint density at radius 3 is 1.10 bits per heavy atom. The van der Waals surface area contributed by atoms with Crippen LogP contribution in [0, 0.1) is 53.4 Å². The molecule has 0 saturated heterocycles. The number of aromatic nitrogens is 2. The molecular formula is C88H62N4. The van der Waals surface area contributed by atoms with Gasteiger partial charge >= 0.3 is 0 Å². The van der Waals surface area contributed by atoms with Gasteiger partial charge in [-0.25, -0.2) is 4.85 Å². The predicted molar refractivity (Wildman–Crippen MR) is 371 cm³/mol. The Morgan fingerprint density at radius 2 is 0.717 bits per heavy atom. The number of hydrogen-bond acceptors (Lipinski definition) is 1. The Labute approximate surface area is 532 Å². The maximum atomic E-state index is 11.7. The van der Waals surface area contributed by atoms with Crippen molar-refractivity contribution >= 4 is 103 Å². The fourth-order valence-corrected chi connectivity index (χ4v) is 25.6. The minimum Gasteiger partial charge on any atom is -0.309 e. The second-order valence-corrected chi connectivity index (χ2v) is 31.9. The van der Waals surface area contributed by atoms with Crippen LogP contribution in [-0.2, 0) is 10.8 Å². The van der Waals surface area contributed by atoms with Crippen LogP contribution in [0.15, 0.2) is 170 Å². The van der Waals surface area contributed by atoms with Crippen molar-refractivity contribution in [2.45, 2.75) is 112 Å². The molecule has 12 bridgehead atoms. The van der Waals surface area contributed by atoms with Gasteiger partial charge in [-0.2, -0.15) is 5.26 Å². The molecular weight excluding hydrogens is 1110 g/mol. The highest BCUT2D eigenvalue weighted by molar-refractivity contribution is 6.36. The summed E-state index contributed by atoms with van der Waals surface area (Å²) in [4.78, 5) is 4.60. The van der Waals surface area contributed by atoms with Gasteiger partial charge in [-0.3, -0.25) is 0 Å². The molecule has 14 aliphatic carbocycles. The van der Waals surface area contributed by atoms with Crippen molar-refractivity contribution in [1.82, 2.24) is 8.80 Å². The summed E-state index contributed by atoms with van der Waals surface area (Å²) in [6, 6.07) is 70.3. The number of nitrogens with zero attached hydrogens (tertiary/aromatic N) is 4. The van der Waals surface area contributed by atoms with Gasteiger partial charge in [0.1, 0.15) is 0 Å². The van der Waals surface area contributed by atoms with Crippen molar-refractivity contribution < 1.29 is 0 Å². The second-order valence-electron chi connectivity index (χ2n) is 31.9. The summed E-state index contributed by atoms with van der Waals surface area (Å²) in [6.07, 6.45) is 16.6. The lowest BCUT2D eigenvalue weighted by molar-refractivity contribution is -0.00524. The molecule has 14 aliphatic rings. The van der Waals surface area contributed by atoms with Gasteiger partial charge in [0.2, 0.25) is 0 Å². The molecule has 8 fully saturated rings. The standard InChI is InChI=1S/C88H62N4/c1-90-68-35-72-82(84-77-62-16-8-4-12-58(62)75(80(68)84)59-13-5-9-17-63(59)77)79-55-21-19-53(88-39-46-25-47(40-88)27-48(26-46)41-88)29-50(55)31-67-65-33-69-64(34-70(65)92(72)86(67)79)66-30-49-28-52(87-36-43-22-44(37-87)24-45(23-43)38-87)18-20-54(49)78-81-71(91(69)85(66)78)32-51(42-89)73-74-56-10-2-6-14-60(56)76(83(73)81)61-15-7-3-11-57(61)74/h2-21,28-35,43-48,74-77H,22-27,36-41H2. The Balaban J connectivity index is 0.838. The molecule has 0 N–H and O–H groups in total. The van der Waals surface area contributed by atoms with Gasteiger partial charge in [0, 0.05) is 72.3 Å². The van der Waals surface area contributed by atoms with E-state index in [1.807, 2.05) is 0 Å². The average molecular weight is 1180 g/mol. The Morgan fingerprint density at radius 1 is 0.359 bits per heavy atom. The molecule has 0 radical (unpaired) electrons. The lowest BCUT2D eigenvalue weighted by Gasteiger charge is -2.57. The minimum atomic E-state index is -0.0208. The van der Waals surface area contributed by atoms with Gasteiger partial charge in [0.15, 0.2) is 5.69 Å². The fraction of sp³-hybridized carbons (Fsp3) is 0.273. The molecule has 4 nitrogen and oxygen atoms in total. The normalized spacial score (nSPS) is 28.6. The fourth-order valence-electron chi connectivity index (χ4n) is 25.6. The molecule has 0 aliphatic heterocycles. The molecule has 4 aromatic heterocycles. The van der Waals surface area contributed by atoms with Crippen LogP contribution in [0.25, 0.3) is 103 Å². The first kappa shape index (κ1) is 48.3. The molecule has 0 unspecified atom stereocenters. The van der Waals surface area contributed by atoms with Crippen LogP contribution in [0.1, 0.15) is 184 Å². The molecule has 15 aromatic rings. The van der Waals surface area contributed by atoms with Crippen molar-refractivity contribution in [1.29, 1.82) is 5.26 Å². The highest BCUT2D eigenvalue weighted by Gasteiger charge is 2.54. The Kier molecular flexibility index (Phi) is 8.33. The highest BCUT2D eigenvalue weighted by atomic mass is 14.9. The number of hydrogen-bond donors (Lipinski definition) is 0. The van der Waals surface area contributed by atoms with Gasteiger partial charge in [-0.15, -0.1) is 0 Å². The third kappa shape index (κ3) is 5.42. The lowest BCUT2D eigenvalue weighted by atomic mass is 9.48. The molecule has 92 heavy (non-hydrogen) atoms. The monoisotopic (exact) mass is 1170 g/mol. The van der Waals surface area contributed by atoms with Gasteiger partial charge in [-0.05, 0) is 259 Å². The maximum Gasteiger partial charge on any atom is 0.193 e. The van der Waals surface area contributed by atoms with Gasteiger partial charge in [0.25, 0.3) is 0 Å². The number of benzene rings is 11. The average Bonchev–Trinajstić information content (AvgIpc) is 1.40. The molecule has 0 amide bonds. The second kappa shape index (κ2) is 15.9. The lowest BCUT2D eigenvalue weighted by Crippen LogP contribution is -2.48. The topological polar surface area (TPSA) is 37.0 Å². The summed E-state index contributed by atoms with van der Waals surface area (Å²) in [5, 5.41) is 27.5. The predicted octanol–water partition coefficient (Wildman–Crippen LogP) is 21.6. The van der Waals surface area contributed by atoms with E-state index in [2.05, 4.69) is 190 Å². The van der Waals surface area contributed by atoms with Crippen LogP contribution in [0.4, 0.5) is 5.69 Å². The van der Waals surface area contributed by atoms with E-state index in [9.17, 15) is 11.8 Å². The maximum absolute atomic E-state index is 11.7. The van der Waals surface area contributed by atoms with Crippen LogP contribution in [0.2, 0.25) is 0 Å². The van der Waals surface area contributed by atoms with Crippen LogP contribution in [0.3, 0.4) is 0 Å². The first-order valence-electron chi connectivity index (χ1n) is 34.9. The van der Waals surface area contributed by atoms with Gasteiger partial charge < -0.3 is 8.80 Å². The van der Waals surface area contributed by atoms with Crippen LogP contribution >= 0.6 is 0 Å². The number of nitriles is 1. The van der Waals surface area contributed by atoms with E-state index in [1.54, 1.807) is 11.1 Å². The van der Waals surface area contributed by atoms with E-state index in [0.717, 1.165) is 57.8 Å². The van der Waals surface area contributed by atoms with Crippen molar-refractivity contribution in [3.8, 4) is 6.07 Å². The van der Waals surface area contributed by atoms with E-state index in [0.29, 0.717) is 0 Å². The third-order valence-electron chi connectivity index (χ3n) is 27.8. The van der Waals surface area contributed by atoms with Crippen LogP contribution < -0.4 is 0 Å². The summed E-state index contributed by atoms with van der Waals surface area (Å²) >= 11 is 0. The number of rotatable bonds is 2. The summed E-state index contributed by atoms with van der Waals surface area (Å²) in [6.45, 7) is 9.21. The van der Waals surface area contributed by atoms with Crippen molar-refractivity contribution in [2.24, 2.45) is 35.5 Å². The molecule has 0 atom stereocenters. The minimum absolute atomic E-state index is 0.00202. The van der Waals surface area contributed by atoms with E-state index in [-0.39, 0.29) is 34.5 Å². The summed E-state index contributed by atoms with van der Waals surface area (Å²) in [5.74, 6) is 5.09. The molecule has 4 heteroatoms. The summed E-state index contributed by atoms with van der Waals surface area (Å²) in [5.41, 5.74) is 28.5. The number of fused-ring (bicyclic) bond motifs is 16. The SMILES string of the molecule is [C-]#[N+]c1cc2c(c3c1C1c4ccccc4C3c3ccccc31)c1c3ccc(C45CC6CC(CC(C6)C4)C5)cc3cc3c4cc5c(cc4n2c31)c1cc2cc(C34CC6CC(CC(C6)C3)C4)ccc2c2c3c4c(c(C#N)cc3n5c12)C1c2ccccc2C4c2ccccc21. The van der Waals surface area contributed by atoms with Gasteiger partial charge in [0.05, 0.1) is 45.8 Å². The zero-order valence-corrected chi connectivity index (χ0v) is 51.2. The van der Waals surface area contributed by atoms with E-state index < -0.39 is 0 Å². The quantitative estimate of drug-likeness (QED) is 0.159. The summed E-state index contributed by atoms with van der Waals surface area (Å²) in [7, 11) is 0. The third-order valence-corrected chi connectivity index (χ3v) is 27.8. The van der Waals surface area contributed by atoms with Crippen molar-refractivity contribution in [2.75, 3.05) is 0 Å². The van der Waals surface area contributed by atoms with Crippen LogP contribution in [-0.4, -0.2) is 8.80 Å². The zero-order chi connectivity index (χ0) is 59.3. The van der Waals surface area contributed by atoms with E-state index in [1.165, 1.54) is 231 Å². The van der Waals surface area contributed by atoms with Gasteiger partial charge in [-0.1, -0.05) is 133 Å². The molecule has 8 saturated carbocycles. The van der Waals surface area contributed by atoms with E-state index >= 15 is 0 Å². The molecule has 434 valence electrons. The van der Waals surface area contributed by atoms with E-state index in [4.69, 9.17) is 0 Å². The highest BCUT2D eigenvalue weighted by Crippen LogP contribution is 2.66. The Hall–Kier alpha value is -9.48. The first-order valence-corrected chi connectivity index (χ1v) is 34.9. The van der Waals surface area contributed by atoms with Crippen LogP contribution in [0.5, 0.6) is 0 Å². The van der Waals surface area contributed by atoms with Crippen molar-refractivity contribution in [3.05, 3.63) is 265 Å². The molecule has 29 rings (SSSR count). The summed E-state index contributed by atoms with van der Waals surface area (Å²) < 4.78 is 5.28. The first-order chi connectivity index (χ1) is 45.4. The van der Waals surface area contributed by atoms with Crippen molar-refractivity contribution in [3.63, 3.8) is 0 Å². The smallest absolute Gasteiger partial charge is 0.193 e. The largest absolute Gasteiger partial charge is 0.309 e.